The summed E-state index contributed by atoms with van der Waals surface area (Å²) in [5.41, 5.74) is 6.28. The number of amides is 1. The number of rotatable bonds is 7. The van der Waals surface area contributed by atoms with Crippen LogP contribution in [0, 0.1) is 6.92 Å². The first kappa shape index (κ1) is 23.4. The van der Waals surface area contributed by atoms with Gasteiger partial charge in [-0.15, -0.1) is 0 Å². The van der Waals surface area contributed by atoms with Crippen molar-refractivity contribution in [3.63, 3.8) is 0 Å². The van der Waals surface area contributed by atoms with Crippen LogP contribution in [-0.2, 0) is 17.9 Å². The summed E-state index contributed by atoms with van der Waals surface area (Å²) in [6.45, 7) is 9.59. The largest absolute Gasteiger partial charge is 0.347 e. The number of carbonyl (C=O) groups excluding carboxylic acids is 1. The van der Waals surface area contributed by atoms with Gasteiger partial charge in [-0.25, -0.2) is 0 Å². The van der Waals surface area contributed by atoms with E-state index >= 15 is 0 Å². The zero-order valence-corrected chi connectivity index (χ0v) is 20.9. The molecule has 35 heavy (non-hydrogen) atoms. The number of hydrogen-bond donors (Lipinski definition) is 0. The third-order valence-corrected chi connectivity index (χ3v) is 7.37. The summed E-state index contributed by atoms with van der Waals surface area (Å²) >= 11 is 0. The molecule has 4 nitrogen and oxygen atoms in total. The van der Waals surface area contributed by atoms with Crippen LogP contribution in [0.5, 0.6) is 0 Å². The normalized spacial score (nSPS) is 15.4. The van der Waals surface area contributed by atoms with Crippen molar-refractivity contribution in [1.29, 1.82) is 0 Å². The first-order valence-corrected chi connectivity index (χ1v) is 12.8. The molecule has 0 saturated carbocycles. The predicted molar refractivity (Wildman–Crippen MR) is 144 cm³/mol. The summed E-state index contributed by atoms with van der Waals surface area (Å²) in [4.78, 5) is 18.1. The van der Waals surface area contributed by atoms with E-state index in [-0.39, 0.29) is 11.8 Å². The second-order valence-corrected chi connectivity index (χ2v) is 9.70. The lowest BCUT2D eigenvalue weighted by Crippen LogP contribution is -2.48. The molecule has 1 saturated heterocycles. The molecule has 1 aliphatic rings. The molecule has 1 unspecified atom stereocenters. The van der Waals surface area contributed by atoms with Gasteiger partial charge in [-0.1, -0.05) is 78.4 Å². The molecule has 180 valence electrons. The van der Waals surface area contributed by atoms with E-state index in [1.165, 1.54) is 33.2 Å². The SMILES string of the molecule is CCn1cc(C(CC(=O)N2CCN(Cc3ccccc3)CC2)c2ccc(C)cc2)c2ccccc21. The summed E-state index contributed by atoms with van der Waals surface area (Å²) in [5.74, 6) is 0.298. The van der Waals surface area contributed by atoms with Crippen LogP contribution in [0.4, 0.5) is 0 Å². The highest BCUT2D eigenvalue weighted by Gasteiger charge is 2.27. The molecule has 1 aromatic heterocycles. The fraction of sp³-hybridized carbons (Fsp3) is 0.323. The lowest BCUT2D eigenvalue weighted by molar-refractivity contribution is -0.133. The van der Waals surface area contributed by atoms with Gasteiger partial charge in [-0.3, -0.25) is 9.69 Å². The Morgan fingerprint density at radius 3 is 2.26 bits per heavy atom. The van der Waals surface area contributed by atoms with Crippen LogP contribution >= 0.6 is 0 Å². The number of benzene rings is 3. The van der Waals surface area contributed by atoms with Gasteiger partial charge < -0.3 is 9.47 Å². The molecule has 5 rings (SSSR count). The number of aromatic nitrogens is 1. The van der Waals surface area contributed by atoms with E-state index in [1.807, 2.05) is 0 Å². The molecule has 1 atom stereocenters. The zero-order chi connectivity index (χ0) is 24.2. The van der Waals surface area contributed by atoms with Crippen LogP contribution in [0.1, 0.15) is 41.5 Å². The number of carbonyl (C=O) groups is 1. The van der Waals surface area contributed by atoms with Crippen LogP contribution < -0.4 is 0 Å². The third kappa shape index (κ3) is 5.18. The Bertz CT molecular complexity index is 1270. The average Bonchev–Trinajstić information content (AvgIpc) is 3.27. The smallest absolute Gasteiger partial charge is 0.223 e. The van der Waals surface area contributed by atoms with Crippen molar-refractivity contribution in [2.24, 2.45) is 0 Å². The van der Waals surface area contributed by atoms with Gasteiger partial charge in [-0.05, 0) is 36.6 Å². The van der Waals surface area contributed by atoms with Crippen molar-refractivity contribution >= 4 is 16.8 Å². The van der Waals surface area contributed by atoms with Crippen LogP contribution in [0.15, 0.2) is 85.1 Å². The minimum atomic E-state index is 0.0446. The summed E-state index contributed by atoms with van der Waals surface area (Å²) in [7, 11) is 0. The lowest BCUT2D eigenvalue weighted by atomic mass is 9.87. The minimum absolute atomic E-state index is 0.0446. The van der Waals surface area contributed by atoms with Gasteiger partial charge in [0.1, 0.15) is 0 Å². The van der Waals surface area contributed by atoms with E-state index in [0.717, 1.165) is 39.3 Å². The molecular formula is C31H35N3O. The second kappa shape index (κ2) is 10.5. The number of para-hydroxylation sites is 1. The molecule has 0 radical (unpaired) electrons. The number of aryl methyl sites for hydroxylation is 2. The maximum absolute atomic E-state index is 13.6. The Labute approximate surface area is 208 Å². The summed E-state index contributed by atoms with van der Waals surface area (Å²) < 4.78 is 2.30. The van der Waals surface area contributed by atoms with Gasteiger partial charge in [0.05, 0.1) is 0 Å². The lowest BCUT2D eigenvalue weighted by Gasteiger charge is -2.35. The van der Waals surface area contributed by atoms with E-state index in [4.69, 9.17) is 0 Å². The van der Waals surface area contributed by atoms with Gasteiger partial charge in [0, 0.05) is 68.7 Å². The average molecular weight is 466 g/mol. The fourth-order valence-electron chi connectivity index (χ4n) is 5.32. The van der Waals surface area contributed by atoms with E-state index < -0.39 is 0 Å². The first-order valence-electron chi connectivity index (χ1n) is 12.8. The van der Waals surface area contributed by atoms with Gasteiger partial charge in [-0.2, -0.15) is 0 Å². The van der Waals surface area contributed by atoms with Crippen molar-refractivity contribution in [2.45, 2.75) is 39.3 Å². The quantitative estimate of drug-likeness (QED) is 0.343. The van der Waals surface area contributed by atoms with Gasteiger partial charge >= 0.3 is 0 Å². The zero-order valence-electron chi connectivity index (χ0n) is 20.9. The summed E-state index contributed by atoms with van der Waals surface area (Å²) in [5, 5.41) is 1.25. The second-order valence-electron chi connectivity index (χ2n) is 9.70. The Kier molecular flexibility index (Phi) is 7.01. The molecule has 1 aliphatic heterocycles. The minimum Gasteiger partial charge on any atom is -0.347 e. The fourth-order valence-corrected chi connectivity index (χ4v) is 5.32. The first-order chi connectivity index (χ1) is 17.1. The maximum atomic E-state index is 13.6. The Hall–Kier alpha value is -3.37. The highest BCUT2D eigenvalue weighted by atomic mass is 16.2. The van der Waals surface area contributed by atoms with Crippen LogP contribution in [0.2, 0.25) is 0 Å². The Balaban J connectivity index is 1.35. The number of piperazine rings is 1. The van der Waals surface area contributed by atoms with Crippen LogP contribution in [0.3, 0.4) is 0 Å². The summed E-state index contributed by atoms with van der Waals surface area (Å²) in [6, 6.07) is 27.9. The highest BCUT2D eigenvalue weighted by molar-refractivity contribution is 5.86. The van der Waals surface area contributed by atoms with E-state index in [2.05, 4.69) is 113 Å². The summed E-state index contributed by atoms with van der Waals surface area (Å²) in [6.07, 6.45) is 2.76. The van der Waals surface area contributed by atoms with E-state index in [1.54, 1.807) is 0 Å². The van der Waals surface area contributed by atoms with Gasteiger partial charge in [0.25, 0.3) is 0 Å². The monoisotopic (exact) mass is 465 g/mol. The Morgan fingerprint density at radius 2 is 1.54 bits per heavy atom. The molecule has 1 fully saturated rings. The molecule has 1 amide bonds. The van der Waals surface area contributed by atoms with Gasteiger partial charge in [0.2, 0.25) is 5.91 Å². The molecule has 3 aromatic carbocycles. The van der Waals surface area contributed by atoms with Crippen molar-refractivity contribution in [1.82, 2.24) is 14.4 Å². The van der Waals surface area contributed by atoms with Crippen LogP contribution in [-0.4, -0.2) is 46.5 Å². The molecule has 4 aromatic rings. The van der Waals surface area contributed by atoms with Crippen molar-refractivity contribution in [3.8, 4) is 0 Å². The van der Waals surface area contributed by atoms with Crippen molar-refractivity contribution in [3.05, 3.63) is 107 Å². The third-order valence-electron chi connectivity index (χ3n) is 7.37. The van der Waals surface area contributed by atoms with E-state index in [9.17, 15) is 4.79 Å². The van der Waals surface area contributed by atoms with Crippen molar-refractivity contribution < 1.29 is 4.79 Å². The standard InChI is InChI=1S/C31H35N3O/c1-3-33-23-29(27-11-7-8-12-30(27)33)28(26-15-13-24(2)14-16-26)21-31(35)34-19-17-32(18-20-34)22-25-9-5-4-6-10-25/h4-16,23,28H,3,17-22H2,1-2H3. The molecule has 0 spiro atoms. The number of hydrogen-bond acceptors (Lipinski definition) is 2. The molecule has 0 N–H and O–H groups in total. The number of nitrogens with zero attached hydrogens (tertiary/aromatic N) is 3. The van der Waals surface area contributed by atoms with Gasteiger partial charge in [0.15, 0.2) is 0 Å². The number of fused-ring (bicyclic) bond motifs is 1. The molecule has 0 aliphatic carbocycles. The van der Waals surface area contributed by atoms with Crippen LogP contribution in [0.25, 0.3) is 10.9 Å². The highest BCUT2D eigenvalue weighted by Crippen LogP contribution is 2.35. The molecule has 0 bridgehead atoms. The topological polar surface area (TPSA) is 28.5 Å². The van der Waals surface area contributed by atoms with E-state index in [0.29, 0.717) is 6.42 Å². The molecule has 2 heterocycles. The predicted octanol–water partition coefficient (Wildman–Crippen LogP) is 5.84. The molecular weight excluding hydrogens is 430 g/mol. The molecule has 4 heteroatoms. The maximum Gasteiger partial charge on any atom is 0.223 e. The Morgan fingerprint density at radius 1 is 0.857 bits per heavy atom. The van der Waals surface area contributed by atoms with Crippen molar-refractivity contribution in [2.75, 3.05) is 26.2 Å².